The van der Waals surface area contributed by atoms with Crippen LogP contribution in [-0.2, 0) is 0 Å². The summed E-state index contributed by atoms with van der Waals surface area (Å²) in [6.45, 7) is 3.74. The van der Waals surface area contributed by atoms with Crippen LogP contribution in [0.1, 0.15) is 31.4 Å². The number of nitrogens with one attached hydrogen (secondary N) is 1. The van der Waals surface area contributed by atoms with Crippen LogP contribution in [0.15, 0.2) is 29.3 Å². The topological polar surface area (TPSA) is 59.6 Å². The smallest absolute Gasteiger partial charge is 0.189 e. The van der Waals surface area contributed by atoms with Crippen molar-refractivity contribution in [1.82, 2.24) is 5.32 Å². The van der Waals surface area contributed by atoms with Crippen LogP contribution in [0.25, 0.3) is 0 Å². The minimum Gasteiger partial charge on any atom is -0.494 e. The second-order valence-corrected chi connectivity index (χ2v) is 4.16. The van der Waals surface area contributed by atoms with E-state index in [4.69, 9.17) is 10.5 Å². The fourth-order valence-electron chi connectivity index (χ4n) is 1.86. The number of hydrogen-bond donors (Lipinski definition) is 2. The standard InChI is InChI=1S/C13H19N3O/c1-2-9-17-11-5-3-10(4-6-11)12-7-8-15-13(14)16-12/h3-6,12H,2,7-9H2,1H3,(H3,14,15,16). The van der Waals surface area contributed by atoms with Crippen molar-refractivity contribution >= 4 is 5.96 Å². The van der Waals surface area contributed by atoms with Crippen molar-refractivity contribution in [3.8, 4) is 5.75 Å². The molecule has 1 atom stereocenters. The van der Waals surface area contributed by atoms with Gasteiger partial charge in [-0.25, -0.2) is 4.99 Å². The van der Waals surface area contributed by atoms with Crippen LogP contribution < -0.4 is 15.8 Å². The van der Waals surface area contributed by atoms with Gasteiger partial charge in [-0.15, -0.1) is 0 Å². The Balaban J connectivity index is 2.04. The average molecular weight is 233 g/mol. The lowest BCUT2D eigenvalue weighted by Crippen LogP contribution is -2.36. The van der Waals surface area contributed by atoms with Crippen LogP contribution in [0.4, 0.5) is 0 Å². The lowest BCUT2D eigenvalue weighted by Gasteiger charge is -2.20. The van der Waals surface area contributed by atoms with Crippen molar-refractivity contribution < 1.29 is 4.74 Å². The van der Waals surface area contributed by atoms with Crippen LogP contribution in [0.2, 0.25) is 0 Å². The summed E-state index contributed by atoms with van der Waals surface area (Å²) in [7, 11) is 0. The molecule has 4 heteroatoms. The van der Waals surface area contributed by atoms with Gasteiger partial charge in [-0.05, 0) is 30.5 Å². The van der Waals surface area contributed by atoms with E-state index in [0.717, 1.165) is 31.7 Å². The molecular weight excluding hydrogens is 214 g/mol. The molecule has 0 amide bonds. The highest BCUT2D eigenvalue weighted by molar-refractivity contribution is 5.78. The van der Waals surface area contributed by atoms with Gasteiger partial charge in [-0.2, -0.15) is 0 Å². The molecule has 1 aromatic carbocycles. The molecule has 0 radical (unpaired) electrons. The molecule has 0 spiro atoms. The van der Waals surface area contributed by atoms with Crippen LogP contribution in [0.5, 0.6) is 5.75 Å². The summed E-state index contributed by atoms with van der Waals surface area (Å²) in [4.78, 5) is 4.39. The molecule has 1 aromatic rings. The number of benzene rings is 1. The maximum atomic E-state index is 5.67. The van der Waals surface area contributed by atoms with Crippen LogP contribution in [-0.4, -0.2) is 19.1 Å². The van der Waals surface area contributed by atoms with Gasteiger partial charge in [0.15, 0.2) is 5.96 Å². The molecule has 3 N–H and O–H groups in total. The first-order valence-electron chi connectivity index (χ1n) is 6.09. The largest absolute Gasteiger partial charge is 0.494 e. The second-order valence-electron chi connectivity index (χ2n) is 4.16. The Kier molecular flexibility index (Phi) is 3.85. The molecule has 0 saturated carbocycles. The fraction of sp³-hybridized carbons (Fsp3) is 0.462. The zero-order chi connectivity index (χ0) is 12.1. The number of guanidine groups is 1. The van der Waals surface area contributed by atoms with Crippen molar-refractivity contribution in [2.45, 2.75) is 25.8 Å². The molecule has 0 saturated heterocycles. The van der Waals surface area contributed by atoms with Gasteiger partial charge >= 0.3 is 0 Å². The molecule has 0 fully saturated rings. The summed E-state index contributed by atoms with van der Waals surface area (Å²) in [5, 5.41) is 3.02. The Morgan fingerprint density at radius 3 is 2.82 bits per heavy atom. The third-order valence-electron chi connectivity index (χ3n) is 2.76. The highest BCUT2D eigenvalue weighted by atomic mass is 16.5. The van der Waals surface area contributed by atoms with E-state index in [1.54, 1.807) is 0 Å². The summed E-state index contributed by atoms with van der Waals surface area (Å²) < 4.78 is 5.55. The Morgan fingerprint density at radius 2 is 2.18 bits per heavy atom. The van der Waals surface area contributed by atoms with E-state index in [9.17, 15) is 0 Å². The Bertz CT molecular complexity index is 386. The SMILES string of the molecule is CCCOc1ccc(C2CCNC(N)=N2)cc1. The summed E-state index contributed by atoms with van der Waals surface area (Å²) in [5.41, 5.74) is 6.87. The highest BCUT2D eigenvalue weighted by Gasteiger charge is 2.14. The third-order valence-corrected chi connectivity index (χ3v) is 2.76. The zero-order valence-electron chi connectivity index (χ0n) is 10.1. The molecule has 0 aromatic heterocycles. The molecule has 0 aliphatic carbocycles. The minimum atomic E-state index is 0.177. The van der Waals surface area contributed by atoms with E-state index < -0.39 is 0 Å². The van der Waals surface area contributed by atoms with Gasteiger partial charge in [-0.3, -0.25) is 0 Å². The molecule has 4 nitrogen and oxygen atoms in total. The number of nitrogens with zero attached hydrogens (tertiary/aromatic N) is 1. The number of hydrogen-bond acceptors (Lipinski definition) is 4. The Hall–Kier alpha value is -1.71. The molecule has 2 rings (SSSR count). The van der Waals surface area contributed by atoms with E-state index in [0.29, 0.717) is 5.96 Å². The summed E-state index contributed by atoms with van der Waals surface area (Å²) >= 11 is 0. The molecule has 92 valence electrons. The highest BCUT2D eigenvalue weighted by Crippen LogP contribution is 2.24. The Labute approximate surface area is 102 Å². The van der Waals surface area contributed by atoms with Gasteiger partial charge in [0.25, 0.3) is 0 Å². The van der Waals surface area contributed by atoms with Gasteiger partial charge in [0, 0.05) is 6.54 Å². The van der Waals surface area contributed by atoms with E-state index >= 15 is 0 Å². The first-order chi connectivity index (χ1) is 8.29. The van der Waals surface area contributed by atoms with Gasteiger partial charge < -0.3 is 15.8 Å². The zero-order valence-corrected chi connectivity index (χ0v) is 10.1. The van der Waals surface area contributed by atoms with Crippen molar-refractivity contribution in [2.75, 3.05) is 13.2 Å². The first-order valence-corrected chi connectivity index (χ1v) is 6.09. The average Bonchev–Trinajstić information content (AvgIpc) is 2.37. The van der Waals surface area contributed by atoms with Crippen molar-refractivity contribution in [3.63, 3.8) is 0 Å². The predicted octanol–water partition coefficient (Wildman–Crippen LogP) is 1.82. The first kappa shape index (κ1) is 11.8. The predicted molar refractivity (Wildman–Crippen MR) is 69.2 cm³/mol. The normalized spacial score (nSPS) is 19.4. The molecule has 17 heavy (non-hydrogen) atoms. The van der Waals surface area contributed by atoms with Gasteiger partial charge in [0.2, 0.25) is 0 Å². The van der Waals surface area contributed by atoms with E-state index in [1.807, 2.05) is 12.1 Å². The van der Waals surface area contributed by atoms with Crippen molar-refractivity contribution in [3.05, 3.63) is 29.8 Å². The Morgan fingerprint density at radius 1 is 1.41 bits per heavy atom. The van der Waals surface area contributed by atoms with Gasteiger partial charge in [0.1, 0.15) is 5.75 Å². The third kappa shape index (κ3) is 3.12. The monoisotopic (exact) mass is 233 g/mol. The number of rotatable bonds is 4. The summed E-state index contributed by atoms with van der Waals surface area (Å²) in [6, 6.07) is 8.31. The van der Waals surface area contributed by atoms with Crippen LogP contribution >= 0.6 is 0 Å². The maximum absolute atomic E-state index is 5.67. The number of aliphatic imine (C=N–C) groups is 1. The molecule has 1 heterocycles. The number of nitrogens with two attached hydrogens (primary N) is 1. The van der Waals surface area contributed by atoms with Crippen LogP contribution in [0.3, 0.4) is 0 Å². The maximum Gasteiger partial charge on any atom is 0.189 e. The molecule has 0 bridgehead atoms. The van der Waals surface area contributed by atoms with E-state index in [-0.39, 0.29) is 6.04 Å². The molecule has 1 aliphatic heterocycles. The molecular formula is C13H19N3O. The molecule has 1 unspecified atom stereocenters. The van der Waals surface area contributed by atoms with Crippen molar-refractivity contribution in [2.24, 2.45) is 10.7 Å². The lowest BCUT2D eigenvalue weighted by molar-refractivity contribution is 0.317. The second kappa shape index (κ2) is 5.57. The summed E-state index contributed by atoms with van der Waals surface area (Å²) in [5.74, 6) is 1.45. The lowest BCUT2D eigenvalue weighted by atomic mass is 10.0. The summed E-state index contributed by atoms with van der Waals surface area (Å²) in [6.07, 6.45) is 2.01. The minimum absolute atomic E-state index is 0.177. The quantitative estimate of drug-likeness (QED) is 0.834. The van der Waals surface area contributed by atoms with E-state index in [1.165, 1.54) is 5.56 Å². The van der Waals surface area contributed by atoms with Crippen molar-refractivity contribution in [1.29, 1.82) is 0 Å². The number of ether oxygens (including phenoxy) is 1. The van der Waals surface area contributed by atoms with Crippen LogP contribution in [0, 0.1) is 0 Å². The molecule has 1 aliphatic rings. The van der Waals surface area contributed by atoms with Gasteiger partial charge in [-0.1, -0.05) is 19.1 Å². The van der Waals surface area contributed by atoms with E-state index in [2.05, 4.69) is 29.4 Å². The fourth-order valence-corrected chi connectivity index (χ4v) is 1.86. The van der Waals surface area contributed by atoms with Gasteiger partial charge in [0.05, 0.1) is 12.6 Å².